The van der Waals surface area contributed by atoms with Gasteiger partial charge in [0.05, 0.1) is 29.6 Å². The van der Waals surface area contributed by atoms with E-state index in [1.54, 1.807) is 24.3 Å². The van der Waals surface area contributed by atoms with Crippen molar-refractivity contribution in [3.05, 3.63) is 66.2 Å². The number of rotatable bonds is 10. The third-order valence-corrected chi connectivity index (χ3v) is 6.03. The van der Waals surface area contributed by atoms with Gasteiger partial charge in [0.1, 0.15) is 18.0 Å². The molecule has 190 valence electrons. The zero-order chi connectivity index (χ0) is 25.9. The smallest absolute Gasteiger partial charge is 0.184 e. The average molecular weight is 499 g/mol. The lowest BCUT2D eigenvalue weighted by Crippen LogP contribution is -2.11. The molecule has 3 aromatic heterocycles. The predicted molar refractivity (Wildman–Crippen MR) is 142 cm³/mol. The Hall–Kier alpha value is -4.31. The molecule has 37 heavy (non-hydrogen) atoms. The third kappa shape index (κ3) is 5.59. The average Bonchev–Trinajstić information content (AvgIpc) is 3.65. The van der Waals surface area contributed by atoms with Crippen molar-refractivity contribution < 1.29 is 9.53 Å². The van der Waals surface area contributed by atoms with Crippen LogP contribution in [0, 0.1) is 5.92 Å². The van der Waals surface area contributed by atoms with Crippen molar-refractivity contribution >= 4 is 28.8 Å². The normalized spacial score (nSPS) is 13.0. The minimum Gasteiger partial charge on any atom is -0.494 e. The Morgan fingerprint density at radius 3 is 2.51 bits per heavy atom. The molecular weight excluding hydrogens is 468 g/mol. The molecule has 0 spiro atoms. The number of ether oxygens (including phenoxy) is 1. The van der Waals surface area contributed by atoms with E-state index in [0.717, 1.165) is 30.5 Å². The number of carbonyl (C=O) groups excluding carboxylic acids is 1. The van der Waals surface area contributed by atoms with Crippen LogP contribution in [0.25, 0.3) is 11.4 Å². The highest BCUT2D eigenvalue weighted by molar-refractivity contribution is 6.04. The van der Waals surface area contributed by atoms with Crippen LogP contribution < -0.4 is 15.4 Å². The van der Waals surface area contributed by atoms with Crippen molar-refractivity contribution in [2.24, 2.45) is 13.0 Å². The first-order chi connectivity index (χ1) is 17.9. The topological polar surface area (TPSA) is 110 Å². The molecule has 10 nitrogen and oxygen atoms in total. The molecule has 3 heterocycles. The van der Waals surface area contributed by atoms with Crippen LogP contribution in [0.3, 0.4) is 0 Å². The lowest BCUT2D eigenvalue weighted by atomic mass is 10.1. The molecule has 0 bridgehead atoms. The summed E-state index contributed by atoms with van der Waals surface area (Å²) in [6.07, 6.45) is 6.93. The quantitative estimate of drug-likeness (QED) is 0.307. The summed E-state index contributed by atoms with van der Waals surface area (Å²) in [6.45, 7) is 0.812. The zero-order valence-electron chi connectivity index (χ0n) is 21.4. The van der Waals surface area contributed by atoms with E-state index in [0.29, 0.717) is 40.1 Å². The highest BCUT2D eigenvalue weighted by Crippen LogP contribution is 2.39. The number of hydrogen-bond donors (Lipinski definition) is 2. The zero-order valence-corrected chi connectivity index (χ0v) is 21.4. The number of aromatic nitrogens is 5. The van der Waals surface area contributed by atoms with Gasteiger partial charge in [-0.2, -0.15) is 5.10 Å². The van der Waals surface area contributed by atoms with E-state index < -0.39 is 0 Å². The van der Waals surface area contributed by atoms with E-state index >= 15 is 0 Å². The molecule has 0 aliphatic heterocycles. The van der Waals surface area contributed by atoms with Gasteiger partial charge >= 0.3 is 0 Å². The number of Topliss-reactive ketones (excluding diaryl/α,β-unsaturated/α-hetero) is 1. The van der Waals surface area contributed by atoms with E-state index in [9.17, 15) is 4.79 Å². The first-order valence-corrected chi connectivity index (χ1v) is 12.1. The Morgan fingerprint density at radius 1 is 1.05 bits per heavy atom. The molecule has 5 rings (SSSR count). The SMILES string of the molecule is COc1c(Nc2cc(Nc3ccc(CN(C)C)cn3)ncc2C(=O)C2CC2)cccc1-c1ncn(C)n1. The molecule has 1 aromatic carbocycles. The number of nitrogens with one attached hydrogen (secondary N) is 2. The number of para-hydroxylation sites is 1. The van der Waals surface area contributed by atoms with E-state index in [1.807, 2.05) is 63.7 Å². The van der Waals surface area contributed by atoms with Crippen molar-refractivity contribution in [1.82, 2.24) is 29.6 Å². The second kappa shape index (κ2) is 10.4. The van der Waals surface area contributed by atoms with Gasteiger partial charge < -0.3 is 20.3 Å². The lowest BCUT2D eigenvalue weighted by molar-refractivity contribution is 0.0968. The van der Waals surface area contributed by atoms with Crippen LogP contribution in [-0.4, -0.2) is 56.6 Å². The van der Waals surface area contributed by atoms with E-state index in [2.05, 4.69) is 35.6 Å². The molecule has 1 aliphatic carbocycles. The summed E-state index contributed by atoms with van der Waals surface area (Å²) in [5.41, 5.74) is 3.75. The molecular formula is C27H30N8O2. The summed E-state index contributed by atoms with van der Waals surface area (Å²) >= 11 is 0. The number of methoxy groups -OCH3 is 1. The second-order valence-corrected chi connectivity index (χ2v) is 9.42. The summed E-state index contributed by atoms with van der Waals surface area (Å²) in [7, 11) is 7.46. The minimum absolute atomic E-state index is 0.0537. The first-order valence-electron chi connectivity index (χ1n) is 12.1. The molecule has 0 amide bonds. The molecule has 1 aliphatic rings. The predicted octanol–water partition coefficient (Wildman–Crippen LogP) is 4.42. The van der Waals surface area contributed by atoms with Gasteiger partial charge in [-0.3, -0.25) is 9.48 Å². The van der Waals surface area contributed by atoms with Crippen LogP contribution in [0.4, 0.5) is 23.0 Å². The van der Waals surface area contributed by atoms with Gasteiger partial charge in [-0.1, -0.05) is 12.1 Å². The van der Waals surface area contributed by atoms with E-state index in [1.165, 1.54) is 0 Å². The third-order valence-electron chi connectivity index (χ3n) is 6.03. The molecule has 1 fully saturated rings. The van der Waals surface area contributed by atoms with Crippen molar-refractivity contribution in [3.8, 4) is 17.1 Å². The summed E-state index contributed by atoms with van der Waals surface area (Å²) in [5.74, 6) is 2.53. The van der Waals surface area contributed by atoms with Gasteiger partial charge in [-0.25, -0.2) is 15.0 Å². The van der Waals surface area contributed by atoms with Gasteiger partial charge in [0, 0.05) is 38.0 Å². The molecule has 0 radical (unpaired) electrons. The van der Waals surface area contributed by atoms with Crippen LogP contribution in [0.1, 0.15) is 28.8 Å². The second-order valence-electron chi connectivity index (χ2n) is 9.42. The Labute approximate surface area is 215 Å². The molecule has 10 heteroatoms. The number of ketones is 1. The fraction of sp³-hybridized carbons (Fsp3) is 0.296. The number of anilines is 4. The number of carbonyl (C=O) groups is 1. The monoisotopic (exact) mass is 498 g/mol. The van der Waals surface area contributed by atoms with Crippen LogP contribution in [0.15, 0.2) is 55.1 Å². The maximum atomic E-state index is 13.1. The summed E-state index contributed by atoms with van der Waals surface area (Å²) in [5, 5.41) is 11.1. The fourth-order valence-corrected chi connectivity index (χ4v) is 4.12. The molecule has 4 aromatic rings. The Kier molecular flexibility index (Phi) is 6.82. The highest BCUT2D eigenvalue weighted by atomic mass is 16.5. The molecule has 0 unspecified atom stereocenters. The minimum atomic E-state index is 0.0537. The van der Waals surface area contributed by atoms with E-state index in [4.69, 9.17) is 4.74 Å². The van der Waals surface area contributed by atoms with E-state index in [-0.39, 0.29) is 11.7 Å². The lowest BCUT2D eigenvalue weighted by Gasteiger charge is -2.17. The molecule has 1 saturated carbocycles. The van der Waals surface area contributed by atoms with Gasteiger partial charge in [0.25, 0.3) is 0 Å². The first kappa shape index (κ1) is 24.4. The van der Waals surface area contributed by atoms with Crippen LogP contribution in [0.5, 0.6) is 5.75 Å². The number of benzene rings is 1. The van der Waals surface area contributed by atoms with Crippen LogP contribution in [-0.2, 0) is 13.6 Å². The molecule has 0 atom stereocenters. The fourth-order valence-electron chi connectivity index (χ4n) is 4.12. The largest absolute Gasteiger partial charge is 0.494 e. The van der Waals surface area contributed by atoms with Gasteiger partial charge in [-0.05, 0) is 50.7 Å². The van der Waals surface area contributed by atoms with Crippen molar-refractivity contribution in [2.45, 2.75) is 19.4 Å². The highest BCUT2D eigenvalue weighted by Gasteiger charge is 2.32. The maximum absolute atomic E-state index is 13.1. The van der Waals surface area contributed by atoms with Gasteiger partial charge in [0.15, 0.2) is 17.4 Å². The summed E-state index contributed by atoms with van der Waals surface area (Å²) < 4.78 is 7.40. The van der Waals surface area contributed by atoms with Gasteiger partial charge in [-0.15, -0.1) is 0 Å². The van der Waals surface area contributed by atoms with Crippen molar-refractivity contribution in [2.75, 3.05) is 31.8 Å². The molecule has 2 N–H and O–H groups in total. The van der Waals surface area contributed by atoms with Crippen LogP contribution >= 0.6 is 0 Å². The number of hydrogen-bond acceptors (Lipinski definition) is 9. The number of pyridine rings is 2. The maximum Gasteiger partial charge on any atom is 0.184 e. The van der Waals surface area contributed by atoms with Crippen LogP contribution in [0.2, 0.25) is 0 Å². The number of nitrogens with zero attached hydrogens (tertiary/aromatic N) is 6. The van der Waals surface area contributed by atoms with Gasteiger partial charge in [0.2, 0.25) is 0 Å². The summed E-state index contributed by atoms with van der Waals surface area (Å²) in [6, 6.07) is 11.5. The standard InChI is InChI=1S/C27H30N8O2/c1-34(2)15-17-8-11-23(28-13-17)32-24-12-22(20(14-29-24)25(36)18-9-10-18)31-21-7-5-6-19(26(21)37-4)27-30-16-35(3)33-27/h5-8,11-14,16,18H,9-10,15H2,1-4H3,(H2,28,29,31,32). The summed E-state index contributed by atoms with van der Waals surface area (Å²) in [4.78, 5) is 28.6. The van der Waals surface area contributed by atoms with Crippen molar-refractivity contribution in [3.63, 3.8) is 0 Å². The Balaban J connectivity index is 1.47. The molecule has 0 saturated heterocycles. The van der Waals surface area contributed by atoms with Crippen molar-refractivity contribution in [1.29, 1.82) is 0 Å². The Bertz CT molecular complexity index is 1410. The Morgan fingerprint density at radius 2 is 1.86 bits per heavy atom. The number of aryl methyl sites for hydroxylation is 1.